The molecule has 1 saturated heterocycles. The van der Waals surface area contributed by atoms with Crippen molar-refractivity contribution in [3.63, 3.8) is 0 Å². The van der Waals surface area contributed by atoms with Gasteiger partial charge in [-0.2, -0.15) is 0 Å². The van der Waals surface area contributed by atoms with E-state index in [0.717, 1.165) is 17.1 Å². The van der Waals surface area contributed by atoms with Crippen LogP contribution in [0.15, 0.2) is 24.3 Å². The quantitative estimate of drug-likeness (QED) is 0.860. The summed E-state index contributed by atoms with van der Waals surface area (Å²) < 4.78 is 0. The molecule has 104 valence electrons. The lowest BCUT2D eigenvalue weighted by Gasteiger charge is -2.29. The number of hydrogen-bond donors (Lipinski definition) is 2. The molecular weight excluding hydrogens is 260 g/mol. The van der Waals surface area contributed by atoms with Gasteiger partial charge in [0.05, 0.1) is 12.6 Å². The Bertz CT molecular complexity index is 419. The summed E-state index contributed by atoms with van der Waals surface area (Å²) in [5, 5.41) is 3.71. The Hall–Kier alpha value is -1.06. The first-order valence-corrected chi connectivity index (χ1v) is 7.38. The number of carbonyl (C=O) groups excluding carboxylic acids is 1. The number of hydrogen-bond acceptors (Lipinski definition) is 1. The van der Waals surface area contributed by atoms with Gasteiger partial charge in [0.15, 0.2) is 6.54 Å². The van der Waals surface area contributed by atoms with E-state index in [2.05, 4.69) is 12.2 Å². The largest absolute Gasteiger partial charge is 0.347 e. The summed E-state index contributed by atoms with van der Waals surface area (Å²) in [6.07, 6.45) is 3.78. The van der Waals surface area contributed by atoms with Crippen LogP contribution in [0.2, 0.25) is 5.02 Å². The molecule has 0 aromatic heterocycles. The van der Waals surface area contributed by atoms with E-state index in [9.17, 15) is 4.79 Å². The summed E-state index contributed by atoms with van der Waals surface area (Å²) in [7, 11) is 0. The first kappa shape index (κ1) is 14.4. The summed E-state index contributed by atoms with van der Waals surface area (Å²) in [6, 6.07) is 8.19. The monoisotopic (exact) mass is 281 g/mol. The molecule has 1 unspecified atom stereocenters. The van der Waals surface area contributed by atoms with Crippen LogP contribution in [0.5, 0.6) is 0 Å². The number of nitrogens with one attached hydrogen (secondary N) is 2. The number of benzene rings is 1. The minimum atomic E-state index is 0.138. The van der Waals surface area contributed by atoms with Gasteiger partial charge in [-0.3, -0.25) is 4.79 Å². The van der Waals surface area contributed by atoms with E-state index < -0.39 is 0 Å². The third-order valence-electron chi connectivity index (χ3n) is 3.87. The van der Waals surface area contributed by atoms with E-state index in [1.807, 2.05) is 24.3 Å². The van der Waals surface area contributed by atoms with Crippen LogP contribution in [0.1, 0.15) is 31.7 Å². The fourth-order valence-electron chi connectivity index (χ4n) is 2.59. The third kappa shape index (κ3) is 4.51. The van der Waals surface area contributed by atoms with Crippen LogP contribution in [0.25, 0.3) is 0 Å². The molecule has 0 spiro atoms. The molecule has 0 aliphatic carbocycles. The molecule has 0 bridgehead atoms. The van der Waals surface area contributed by atoms with Crippen LogP contribution in [-0.2, 0) is 11.3 Å². The second-order valence-electron chi connectivity index (χ2n) is 5.39. The minimum absolute atomic E-state index is 0.138. The SMILES string of the molecule is C[C@H]1CCCC[NH+]1CC(=O)NCc1ccc(Cl)cc1. The zero-order chi connectivity index (χ0) is 13.7. The molecular formula is C15H22ClN2O+. The van der Waals surface area contributed by atoms with Crippen molar-refractivity contribution < 1.29 is 9.69 Å². The number of amides is 1. The normalized spacial score (nSPS) is 23.1. The van der Waals surface area contributed by atoms with Gasteiger partial charge in [0.25, 0.3) is 5.91 Å². The van der Waals surface area contributed by atoms with Crippen LogP contribution >= 0.6 is 11.6 Å². The van der Waals surface area contributed by atoms with Crippen LogP contribution < -0.4 is 10.2 Å². The van der Waals surface area contributed by atoms with Gasteiger partial charge >= 0.3 is 0 Å². The van der Waals surface area contributed by atoms with Crippen molar-refractivity contribution >= 4 is 17.5 Å². The average Bonchev–Trinajstić information content (AvgIpc) is 2.41. The lowest BCUT2D eigenvalue weighted by atomic mass is 10.0. The van der Waals surface area contributed by atoms with E-state index in [1.54, 1.807) is 0 Å². The first-order valence-electron chi connectivity index (χ1n) is 7.01. The van der Waals surface area contributed by atoms with Crippen molar-refractivity contribution in [1.82, 2.24) is 5.32 Å². The van der Waals surface area contributed by atoms with Gasteiger partial charge in [-0.25, -0.2) is 0 Å². The maximum Gasteiger partial charge on any atom is 0.275 e. The topological polar surface area (TPSA) is 33.5 Å². The highest BCUT2D eigenvalue weighted by atomic mass is 35.5. The lowest BCUT2D eigenvalue weighted by molar-refractivity contribution is -0.921. The lowest BCUT2D eigenvalue weighted by Crippen LogP contribution is -3.17. The first-order chi connectivity index (χ1) is 9.15. The maximum atomic E-state index is 11.9. The molecule has 1 amide bonds. The van der Waals surface area contributed by atoms with Crippen LogP contribution in [0.3, 0.4) is 0 Å². The standard InChI is InChI=1S/C15H21ClN2O/c1-12-4-2-3-9-18(12)11-15(19)17-10-13-5-7-14(16)8-6-13/h5-8,12H,2-4,9-11H2,1H3,(H,17,19)/p+1/t12-/m0/s1. The Balaban J connectivity index is 1.76. The van der Waals surface area contributed by atoms with Crippen LogP contribution in [0, 0.1) is 0 Å². The predicted molar refractivity (Wildman–Crippen MR) is 77.3 cm³/mol. The van der Waals surface area contributed by atoms with Gasteiger partial charge in [-0.15, -0.1) is 0 Å². The number of carbonyl (C=O) groups is 1. The molecule has 1 aromatic carbocycles. The predicted octanol–water partition coefficient (Wildman–Crippen LogP) is 1.41. The smallest absolute Gasteiger partial charge is 0.275 e. The second-order valence-corrected chi connectivity index (χ2v) is 5.82. The molecule has 4 heteroatoms. The number of likely N-dealkylation sites (tertiary alicyclic amines) is 1. The van der Waals surface area contributed by atoms with Gasteiger partial charge in [0.1, 0.15) is 0 Å². The van der Waals surface area contributed by atoms with E-state index in [4.69, 9.17) is 11.6 Å². The van der Waals surface area contributed by atoms with E-state index in [1.165, 1.54) is 24.2 Å². The van der Waals surface area contributed by atoms with Gasteiger partial charge in [-0.05, 0) is 43.9 Å². The van der Waals surface area contributed by atoms with Crippen molar-refractivity contribution in [2.45, 2.75) is 38.8 Å². The number of quaternary nitrogens is 1. The molecule has 1 aromatic rings. The zero-order valence-corrected chi connectivity index (χ0v) is 12.2. The van der Waals surface area contributed by atoms with Gasteiger partial charge in [-0.1, -0.05) is 23.7 Å². The summed E-state index contributed by atoms with van der Waals surface area (Å²) in [5.41, 5.74) is 1.08. The molecule has 1 aliphatic rings. The summed E-state index contributed by atoms with van der Waals surface area (Å²) >= 11 is 5.83. The van der Waals surface area contributed by atoms with E-state index in [0.29, 0.717) is 19.1 Å². The van der Waals surface area contributed by atoms with Crippen molar-refractivity contribution in [3.05, 3.63) is 34.9 Å². The van der Waals surface area contributed by atoms with Crippen molar-refractivity contribution in [3.8, 4) is 0 Å². The third-order valence-corrected chi connectivity index (χ3v) is 4.12. The molecule has 3 nitrogen and oxygen atoms in total. The molecule has 19 heavy (non-hydrogen) atoms. The Labute approximate surface area is 119 Å². The summed E-state index contributed by atoms with van der Waals surface area (Å²) in [6.45, 7) is 4.53. The summed E-state index contributed by atoms with van der Waals surface area (Å²) in [4.78, 5) is 13.4. The molecule has 2 rings (SSSR count). The number of piperidine rings is 1. The van der Waals surface area contributed by atoms with Crippen molar-refractivity contribution in [2.24, 2.45) is 0 Å². The van der Waals surface area contributed by atoms with Crippen LogP contribution in [0.4, 0.5) is 0 Å². The molecule has 2 atom stereocenters. The Kier molecular flexibility index (Phi) is 5.23. The molecule has 0 radical (unpaired) electrons. The van der Waals surface area contributed by atoms with Gasteiger partial charge in [0, 0.05) is 11.6 Å². The van der Waals surface area contributed by atoms with E-state index in [-0.39, 0.29) is 5.91 Å². The zero-order valence-electron chi connectivity index (χ0n) is 11.4. The average molecular weight is 282 g/mol. The molecule has 2 N–H and O–H groups in total. The maximum absolute atomic E-state index is 11.9. The molecule has 1 heterocycles. The Morgan fingerprint density at radius 1 is 1.37 bits per heavy atom. The second kappa shape index (κ2) is 6.92. The number of halogens is 1. The van der Waals surface area contributed by atoms with Crippen molar-refractivity contribution in [2.75, 3.05) is 13.1 Å². The van der Waals surface area contributed by atoms with Gasteiger partial charge in [0.2, 0.25) is 0 Å². The highest BCUT2D eigenvalue weighted by Gasteiger charge is 2.23. The van der Waals surface area contributed by atoms with Gasteiger partial charge < -0.3 is 10.2 Å². The molecule has 1 fully saturated rings. The Morgan fingerprint density at radius 2 is 2.11 bits per heavy atom. The number of rotatable bonds is 4. The summed E-state index contributed by atoms with van der Waals surface area (Å²) in [5.74, 6) is 0.138. The Morgan fingerprint density at radius 3 is 2.79 bits per heavy atom. The minimum Gasteiger partial charge on any atom is -0.347 e. The fourth-order valence-corrected chi connectivity index (χ4v) is 2.71. The molecule has 0 saturated carbocycles. The fraction of sp³-hybridized carbons (Fsp3) is 0.533. The van der Waals surface area contributed by atoms with Crippen LogP contribution in [-0.4, -0.2) is 25.0 Å². The van der Waals surface area contributed by atoms with E-state index >= 15 is 0 Å². The van der Waals surface area contributed by atoms with Crippen molar-refractivity contribution in [1.29, 1.82) is 0 Å². The highest BCUT2D eigenvalue weighted by Crippen LogP contribution is 2.09. The highest BCUT2D eigenvalue weighted by molar-refractivity contribution is 6.30. The molecule has 1 aliphatic heterocycles.